The quantitative estimate of drug-likeness (QED) is 0.851. The second-order valence-electron chi connectivity index (χ2n) is 6.19. The van der Waals surface area contributed by atoms with Crippen LogP contribution in [0, 0.1) is 12.8 Å². The van der Waals surface area contributed by atoms with E-state index in [1.165, 1.54) is 4.31 Å². The molecule has 122 valence electrons. The normalized spacial score (nSPS) is 19.0. The third-order valence-electron chi connectivity index (χ3n) is 4.01. The maximum atomic E-state index is 12.5. The summed E-state index contributed by atoms with van der Waals surface area (Å²) in [4.78, 5) is 14.2. The van der Waals surface area contributed by atoms with E-state index in [9.17, 15) is 13.2 Å². The van der Waals surface area contributed by atoms with Gasteiger partial charge in [0.25, 0.3) is 0 Å². The van der Waals surface area contributed by atoms with Gasteiger partial charge in [-0.1, -0.05) is 24.6 Å². The molecule has 1 aliphatic rings. The van der Waals surface area contributed by atoms with E-state index >= 15 is 0 Å². The van der Waals surface area contributed by atoms with Crippen molar-refractivity contribution in [3.63, 3.8) is 0 Å². The third-order valence-corrected chi connectivity index (χ3v) is 5.15. The molecule has 6 heteroatoms. The van der Waals surface area contributed by atoms with Crippen molar-refractivity contribution >= 4 is 21.6 Å². The minimum Gasteiger partial charge on any atom is -0.341 e. The summed E-state index contributed by atoms with van der Waals surface area (Å²) in [6.07, 6.45) is 3.24. The highest BCUT2D eigenvalue weighted by Gasteiger charge is 2.26. The lowest BCUT2D eigenvalue weighted by Gasteiger charge is -2.33. The van der Waals surface area contributed by atoms with E-state index in [4.69, 9.17) is 0 Å². The molecule has 0 saturated carbocycles. The van der Waals surface area contributed by atoms with Crippen molar-refractivity contribution in [2.45, 2.75) is 26.7 Å². The molecule has 0 aromatic heterocycles. The lowest BCUT2D eigenvalue weighted by Crippen LogP contribution is -2.46. The summed E-state index contributed by atoms with van der Waals surface area (Å²) in [5.74, 6) is 0.348. The van der Waals surface area contributed by atoms with E-state index in [2.05, 4.69) is 6.92 Å². The van der Waals surface area contributed by atoms with E-state index in [0.29, 0.717) is 24.7 Å². The minimum absolute atomic E-state index is 0.127. The van der Waals surface area contributed by atoms with Crippen LogP contribution in [0.25, 0.3) is 0 Å². The van der Waals surface area contributed by atoms with E-state index in [0.717, 1.165) is 24.7 Å². The van der Waals surface area contributed by atoms with Gasteiger partial charge in [0.1, 0.15) is 6.54 Å². The van der Waals surface area contributed by atoms with Gasteiger partial charge in [0, 0.05) is 13.1 Å². The zero-order valence-electron chi connectivity index (χ0n) is 13.4. The summed E-state index contributed by atoms with van der Waals surface area (Å²) in [6, 6.07) is 7.17. The van der Waals surface area contributed by atoms with Gasteiger partial charge in [-0.3, -0.25) is 9.10 Å². The number of amides is 1. The average Bonchev–Trinajstić information content (AvgIpc) is 2.44. The molecular weight excluding hydrogens is 300 g/mol. The number of likely N-dealkylation sites (tertiary alicyclic amines) is 1. The average molecular weight is 324 g/mol. The lowest BCUT2D eigenvalue weighted by atomic mass is 10.0. The fourth-order valence-corrected chi connectivity index (χ4v) is 3.60. The second kappa shape index (κ2) is 6.69. The zero-order valence-corrected chi connectivity index (χ0v) is 14.3. The molecule has 1 aliphatic heterocycles. The van der Waals surface area contributed by atoms with E-state index < -0.39 is 10.0 Å². The Kier molecular flexibility index (Phi) is 5.11. The number of aryl methyl sites for hydroxylation is 1. The highest BCUT2D eigenvalue weighted by Crippen LogP contribution is 2.20. The van der Waals surface area contributed by atoms with Crippen LogP contribution in [-0.4, -0.2) is 45.1 Å². The second-order valence-corrected chi connectivity index (χ2v) is 8.10. The first-order valence-corrected chi connectivity index (χ1v) is 9.44. The number of hydrogen-bond acceptors (Lipinski definition) is 3. The molecule has 0 radical (unpaired) electrons. The first kappa shape index (κ1) is 16.8. The van der Waals surface area contributed by atoms with Crippen LogP contribution in [0.3, 0.4) is 0 Å². The Morgan fingerprint density at radius 1 is 1.32 bits per heavy atom. The Hall–Kier alpha value is -1.56. The summed E-state index contributed by atoms with van der Waals surface area (Å²) in [5.41, 5.74) is 1.58. The molecule has 0 N–H and O–H groups in total. The molecule has 1 saturated heterocycles. The SMILES string of the molecule is Cc1ccc(N(CC(=O)N2CCC[C@H](C)C2)S(C)(=O)=O)cc1. The molecule has 1 aromatic carbocycles. The van der Waals surface area contributed by atoms with Crippen LogP contribution in [0.4, 0.5) is 5.69 Å². The largest absolute Gasteiger partial charge is 0.341 e. The van der Waals surface area contributed by atoms with Crippen molar-refractivity contribution < 1.29 is 13.2 Å². The Morgan fingerprint density at radius 2 is 1.95 bits per heavy atom. The predicted molar refractivity (Wildman–Crippen MR) is 88.3 cm³/mol. The number of nitrogens with zero attached hydrogens (tertiary/aromatic N) is 2. The summed E-state index contributed by atoms with van der Waals surface area (Å²) in [7, 11) is -3.49. The number of carbonyl (C=O) groups excluding carboxylic acids is 1. The van der Waals surface area contributed by atoms with Crippen LogP contribution < -0.4 is 4.31 Å². The number of sulfonamides is 1. The summed E-state index contributed by atoms with van der Waals surface area (Å²) in [5, 5.41) is 0. The molecular formula is C16H24N2O3S. The molecule has 0 unspecified atom stereocenters. The summed E-state index contributed by atoms with van der Waals surface area (Å²) >= 11 is 0. The third kappa shape index (κ3) is 4.22. The molecule has 0 bridgehead atoms. The molecule has 2 rings (SSSR count). The van der Waals surface area contributed by atoms with Gasteiger partial charge in [-0.05, 0) is 37.8 Å². The number of anilines is 1. The van der Waals surface area contributed by atoms with Crippen molar-refractivity contribution in [2.75, 3.05) is 30.2 Å². The Labute approximate surface area is 133 Å². The van der Waals surface area contributed by atoms with Crippen LogP contribution in [0.1, 0.15) is 25.3 Å². The predicted octanol–water partition coefficient (Wildman–Crippen LogP) is 2.02. The summed E-state index contributed by atoms with van der Waals surface area (Å²) < 4.78 is 25.3. The van der Waals surface area contributed by atoms with Gasteiger partial charge in [0.15, 0.2) is 0 Å². The zero-order chi connectivity index (χ0) is 16.3. The van der Waals surface area contributed by atoms with E-state index in [1.807, 2.05) is 19.1 Å². The molecule has 1 aromatic rings. The monoisotopic (exact) mass is 324 g/mol. The van der Waals surface area contributed by atoms with E-state index in [-0.39, 0.29) is 12.5 Å². The summed E-state index contributed by atoms with van der Waals surface area (Å²) in [6.45, 7) is 5.36. The Balaban J connectivity index is 2.17. The van der Waals surface area contributed by atoms with Gasteiger partial charge < -0.3 is 4.90 Å². The molecule has 1 fully saturated rings. The Bertz CT molecular complexity index is 625. The van der Waals surface area contributed by atoms with Crippen molar-refractivity contribution in [1.82, 2.24) is 4.90 Å². The fourth-order valence-electron chi connectivity index (χ4n) is 2.75. The lowest BCUT2D eigenvalue weighted by molar-refractivity contribution is -0.131. The van der Waals surface area contributed by atoms with Gasteiger partial charge in [0.05, 0.1) is 11.9 Å². The van der Waals surface area contributed by atoms with Crippen LogP contribution in [-0.2, 0) is 14.8 Å². The van der Waals surface area contributed by atoms with Gasteiger partial charge in [-0.25, -0.2) is 8.42 Å². The number of carbonyl (C=O) groups is 1. The number of hydrogen-bond donors (Lipinski definition) is 0. The topological polar surface area (TPSA) is 57.7 Å². The van der Waals surface area contributed by atoms with E-state index in [1.54, 1.807) is 17.0 Å². The van der Waals surface area contributed by atoms with Crippen LogP contribution in [0.15, 0.2) is 24.3 Å². The van der Waals surface area contributed by atoms with Crippen molar-refractivity contribution in [3.05, 3.63) is 29.8 Å². The van der Waals surface area contributed by atoms with Gasteiger partial charge >= 0.3 is 0 Å². The standard InChI is InChI=1S/C16H24N2O3S/c1-13-6-8-15(9-7-13)18(22(3,20)21)12-16(19)17-10-4-5-14(2)11-17/h6-9,14H,4-5,10-12H2,1-3H3/t14-/m0/s1. The van der Waals surface area contributed by atoms with Crippen LogP contribution in [0.2, 0.25) is 0 Å². The minimum atomic E-state index is -3.49. The molecule has 1 amide bonds. The number of benzene rings is 1. The van der Waals surface area contributed by atoms with Crippen molar-refractivity contribution in [3.8, 4) is 0 Å². The van der Waals surface area contributed by atoms with Gasteiger partial charge in [0.2, 0.25) is 15.9 Å². The first-order valence-electron chi connectivity index (χ1n) is 7.59. The van der Waals surface area contributed by atoms with Crippen molar-refractivity contribution in [2.24, 2.45) is 5.92 Å². The maximum Gasteiger partial charge on any atom is 0.243 e. The van der Waals surface area contributed by atoms with Crippen LogP contribution >= 0.6 is 0 Å². The van der Waals surface area contributed by atoms with Crippen LogP contribution in [0.5, 0.6) is 0 Å². The molecule has 1 atom stereocenters. The highest BCUT2D eigenvalue weighted by atomic mass is 32.2. The molecule has 5 nitrogen and oxygen atoms in total. The number of piperidine rings is 1. The Morgan fingerprint density at radius 3 is 2.50 bits per heavy atom. The van der Waals surface area contributed by atoms with Crippen molar-refractivity contribution in [1.29, 1.82) is 0 Å². The first-order chi connectivity index (χ1) is 10.3. The van der Waals surface area contributed by atoms with Gasteiger partial charge in [-0.15, -0.1) is 0 Å². The molecule has 0 spiro atoms. The smallest absolute Gasteiger partial charge is 0.243 e. The maximum absolute atomic E-state index is 12.5. The van der Waals surface area contributed by atoms with Gasteiger partial charge in [-0.2, -0.15) is 0 Å². The highest BCUT2D eigenvalue weighted by molar-refractivity contribution is 7.92. The molecule has 22 heavy (non-hydrogen) atoms. The number of rotatable bonds is 4. The molecule has 0 aliphatic carbocycles. The molecule has 1 heterocycles. The fraction of sp³-hybridized carbons (Fsp3) is 0.562.